The van der Waals surface area contributed by atoms with E-state index in [9.17, 15) is 9.18 Å². The molecule has 0 spiro atoms. The van der Waals surface area contributed by atoms with Gasteiger partial charge in [-0.05, 0) is 62.2 Å². The number of fused-ring (bicyclic) bond motifs is 1. The van der Waals surface area contributed by atoms with Crippen LogP contribution in [0.5, 0.6) is 0 Å². The van der Waals surface area contributed by atoms with Gasteiger partial charge in [-0.2, -0.15) is 0 Å². The van der Waals surface area contributed by atoms with Crippen LogP contribution in [0.15, 0.2) is 59.4 Å². The van der Waals surface area contributed by atoms with Crippen LogP contribution in [-0.2, 0) is 6.42 Å². The van der Waals surface area contributed by atoms with E-state index in [0.29, 0.717) is 0 Å². The molecule has 5 nitrogen and oxygen atoms in total. The zero-order valence-electron chi connectivity index (χ0n) is 15.1. The summed E-state index contributed by atoms with van der Waals surface area (Å²) in [7, 11) is 0. The minimum atomic E-state index is -0.251. The highest BCUT2D eigenvalue weighted by Crippen LogP contribution is 2.32. The molecule has 1 aromatic carbocycles. The van der Waals surface area contributed by atoms with E-state index in [1.165, 1.54) is 18.2 Å². The maximum Gasteiger partial charge on any atom is 0.249 e. The molecule has 0 saturated heterocycles. The number of anilines is 3. The van der Waals surface area contributed by atoms with Gasteiger partial charge in [0.2, 0.25) is 5.56 Å². The van der Waals surface area contributed by atoms with Crippen molar-refractivity contribution >= 4 is 17.2 Å². The first-order chi connectivity index (χ1) is 13.1. The van der Waals surface area contributed by atoms with Crippen LogP contribution in [0.3, 0.4) is 0 Å². The molecule has 0 unspecified atom stereocenters. The minimum absolute atomic E-state index is 0.00679. The lowest BCUT2D eigenvalue weighted by Gasteiger charge is -2.30. The molecule has 3 aromatic rings. The number of nitrogens with zero attached hydrogens (tertiary/aromatic N) is 2. The molecule has 1 aliphatic rings. The Kier molecular flexibility index (Phi) is 4.62. The van der Waals surface area contributed by atoms with Crippen LogP contribution in [0, 0.1) is 5.82 Å². The summed E-state index contributed by atoms with van der Waals surface area (Å²) < 4.78 is 13.1. The van der Waals surface area contributed by atoms with Crippen molar-refractivity contribution in [2.24, 2.45) is 0 Å². The van der Waals surface area contributed by atoms with Crippen LogP contribution in [0.2, 0.25) is 0 Å². The molecule has 2 aromatic heterocycles. The Morgan fingerprint density at radius 3 is 2.74 bits per heavy atom. The number of benzene rings is 1. The van der Waals surface area contributed by atoms with Crippen molar-refractivity contribution in [3.8, 4) is 0 Å². The lowest BCUT2D eigenvalue weighted by molar-refractivity contribution is 0.628. The molecule has 1 aliphatic heterocycles. The number of aryl methyl sites for hydroxylation is 1. The summed E-state index contributed by atoms with van der Waals surface area (Å²) >= 11 is 0. The molecule has 4 rings (SSSR count). The van der Waals surface area contributed by atoms with Gasteiger partial charge >= 0.3 is 0 Å². The monoisotopic (exact) mass is 364 g/mol. The number of aromatic amines is 1. The van der Waals surface area contributed by atoms with E-state index in [2.05, 4.69) is 21.3 Å². The van der Waals surface area contributed by atoms with E-state index in [4.69, 9.17) is 4.98 Å². The summed E-state index contributed by atoms with van der Waals surface area (Å²) in [6.45, 7) is 2.88. The molecule has 0 radical (unpaired) electrons. The van der Waals surface area contributed by atoms with Gasteiger partial charge in [-0.1, -0.05) is 6.07 Å². The summed E-state index contributed by atoms with van der Waals surface area (Å²) in [5.74, 6) is 0.537. The smallest absolute Gasteiger partial charge is 0.249 e. The Balaban J connectivity index is 1.59. The number of hydrogen-bond acceptors (Lipinski definition) is 4. The van der Waals surface area contributed by atoms with Gasteiger partial charge in [0.05, 0.1) is 23.1 Å². The predicted octanol–water partition coefficient (Wildman–Crippen LogP) is 4.17. The second-order valence-corrected chi connectivity index (χ2v) is 6.73. The molecule has 3 heterocycles. The minimum Gasteiger partial charge on any atom is -0.377 e. The SMILES string of the molecule is C[C@H](Nc1ccc(F)cc1)c1ccc2c(n1)CCCN2c1cccc(=O)[nH]1. The fraction of sp³-hybridized carbons (Fsp3) is 0.238. The zero-order chi connectivity index (χ0) is 18.8. The van der Waals surface area contributed by atoms with Gasteiger partial charge < -0.3 is 15.2 Å². The Hall–Kier alpha value is -3.15. The Labute approximate surface area is 156 Å². The third kappa shape index (κ3) is 3.69. The van der Waals surface area contributed by atoms with Crippen molar-refractivity contribution in [1.82, 2.24) is 9.97 Å². The quantitative estimate of drug-likeness (QED) is 0.730. The number of rotatable bonds is 4. The van der Waals surface area contributed by atoms with Crippen molar-refractivity contribution in [2.75, 3.05) is 16.8 Å². The van der Waals surface area contributed by atoms with Crippen LogP contribution < -0.4 is 15.8 Å². The first-order valence-electron chi connectivity index (χ1n) is 9.09. The fourth-order valence-electron chi connectivity index (χ4n) is 3.42. The average molecular weight is 364 g/mol. The molecular formula is C21H21FN4O. The number of hydrogen-bond donors (Lipinski definition) is 2. The molecule has 0 bridgehead atoms. The molecule has 0 saturated carbocycles. The fourth-order valence-corrected chi connectivity index (χ4v) is 3.42. The Morgan fingerprint density at radius 1 is 1.15 bits per heavy atom. The van der Waals surface area contributed by atoms with Crippen LogP contribution in [0.4, 0.5) is 21.6 Å². The van der Waals surface area contributed by atoms with Crippen molar-refractivity contribution < 1.29 is 4.39 Å². The first-order valence-corrected chi connectivity index (χ1v) is 9.09. The molecule has 0 amide bonds. The third-order valence-corrected chi connectivity index (χ3v) is 4.77. The van der Waals surface area contributed by atoms with Crippen LogP contribution in [0.25, 0.3) is 0 Å². The molecule has 6 heteroatoms. The summed E-state index contributed by atoms with van der Waals surface area (Å²) in [4.78, 5) is 21.5. The first kappa shape index (κ1) is 17.3. The summed E-state index contributed by atoms with van der Waals surface area (Å²) in [5.41, 5.74) is 3.73. The standard InChI is InChI=1S/C21H21FN4O/c1-14(23-16-9-7-15(22)8-10-16)17-11-12-19-18(24-17)4-3-13-26(19)20-5-2-6-21(27)25-20/h2,5-12,14,23H,3-4,13H2,1H3,(H,25,27)/t14-/m0/s1. The van der Waals surface area contributed by atoms with E-state index < -0.39 is 0 Å². The van der Waals surface area contributed by atoms with E-state index in [-0.39, 0.29) is 17.4 Å². The topological polar surface area (TPSA) is 61.0 Å². The van der Waals surface area contributed by atoms with Gasteiger partial charge in [0.15, 0.2) is 0 Å². The Morgan fingerprint density at radius 2 is 1.96 bits per heavy atom. The molecule has 0 fully saturated rings. The second-order valence-electron chi connectivity index (χ2n) is 6.73. The normalized spacial score (nSPS) is 14.5. The molecular weight excluding hydrogens is 343 g/mol. The predicted molar refractivity (Wildman–Crippen MR) is 105 cm³/mol. The van der Waals surface area contributed by atoms with Crippen LogP contribution in [-0.4, -0.2) is 16.5 Å². The largest absolute Gasteiger partial charge is 0.377 e. The third-order valence-electron chi connectivity index (χ3n) is 4.77. The number of H-pyrrole nitrogens is 1. The lowest BCUT2D eigenvalue weighted by atomic mass is 10.1. The number of halogens is 1. The number of aromatic nitrogens is 2. The molecule has 2 N–H and O–H groups in total. The van der Waals surface area contributed by atoms with E-state index in [1.807, 2.05) is 19.1 Å². The molecule has 138 valence electrons. The van der Waals surface area contributed by atoms with Gasteiger partial charge in [-0.15, -0.1) is 0 Å². The van der Waals surface area contributed by atoms with Crippen molar-refractivity contribution in [2.45, 2.75) is 25.8 Å². The van der Waals surface area contributed by atoms with Gasteiger partial charge in [0.25, 0.3) is 0 Å². The van der Waals surface area contributed by atoms with Crippen LogP contribution in [0.1, 0.15) is 30.8 Å². The highest BCUT2D eigenvalue weighted by atomic mass is 19.1. The molecule has 27 heavy (non-hydrogen) atoms. The van der Waals surface area contributed by atoms with E-state index >= 15 is 0 Å². The second kappa shape index (κ2) is 7.23. The lowest BCUT2D eigenvalue weighted by Crippen LogP contribution is -2.28. The Bertz CT molecular complexity index is 1000. The maximum absolute atomic E-state index is 13.1. The van der Waals surface area contributed by atoms with E-state index in [0.717, 1.165) is 48.0 Å². The summed E-state index contributed by atoms with van der Waals surface area (Å²) in [6.07, 6.45) is 1.88. The average Bonchev–Trinajstić information content (AvgIpc) is 2.69. The van der Waals surface area contributed by atoms with Crippen molar-refractivity contribution in [1.29, 1.82) is 0 Å². The van der Waals surface area contributed by atoms with Crippen molar-refractivity contribution in [3.05, 3.63) is 82.2 Å². The van der Waals surface area contributed by atoms with E-state index in [1.54, 1.807) is 18.2 Å². The zero-order valence-corrected chi connectivity index (χ0v) is 15.1. The highest BCUT2D eigenvalue weighted by molar-refractivity contribution is 5.64. The molecule has 0 aliphatic carbocycles. The van der Waals surface area contributed by atoms with Gasteiger partial charge in [-0.3, -0.25) is 9.78 Å². The van der Waals surface area contributed by atoms with Gasteiger partial charge in [0, 0.05) is 18.3 Å². The highest BCUT2D eigenvalue weighted by Gasteiger charge is 2.21. The summed E-state index contributed by atoms with van der Waals surface area (Å²) in [5, 5.41) is 3.35. The van der Waals surface area contributed by atoms with Crippen LogP contribution >= 0.6 is 0 Å². The number of nitrogens with one attached hydrogen (secondary N) is 2. The maximum atomic E-state index is 13.1. The van der Waals surface area contributed by atoms with Gasteiger partial charge in [0.1, 0.15) is 11.6 Å². The van der Waals surface area contributed by atoms with Gasteiger partial charge in [-0.25, -0.2) is 4.39 Å². The number of pyridine rings is 2. The summed E-state index contributed by atoms with van der Waals surface area (Å²) in [6, 6.07) is 15.6. The molecule has 1 atom stereocenters. The van der Waals surface area contributed by atoms with Crippen molar-refractivity contribution in [3.63, 3.8) is 0 Å².